The maximum Gasteiger partial charge on any atom is 0.328 e. The molecule has 0 aliphatic rings. The van der Waals surface area contributed by atoms with Crippen LogP contribution >= 0.6 is 0 Å². The van der Waals surface area contributed by atoms with Crippen LogP contribution in [0, 0.1) is 0 Å². The Hall–Kier alpha value is -1.84. The van der Waals surface area contributed by atoms with Crippen molar-refractivity contribution >= 4 is 11.8 Å². The largest absolute Gasteiger partial charge is 0.478 e. The quantitative estimate of drug-likeness (QED) is 0.539. The first-order valence-corrected chi connectivity index (χ1v) is 3.19. The highest BCUT2D eigenvalue weighted by Crippen LogP contribution is 2.01. The number of aliphatic carboxylic acids is 1. The van der Waals surface area contributed by atoms with Crippen LogP contribution in [0.3, 0.4) is 0 Å². The fourth-order valence-corrected chi connectivity index (χ4v) is 0.648. The van der Waals surface area contributed by atoms with Crippen molar-refractivity contribution in [2.45, 2.75) is 0 Å². The van der Waals surface area contributed by atoms with Gasteiger partial charge < -0.3 is 9.52 Å². The second-order valence-corrected chi connectivity index (χ2v) is 2.01. The molecule has 1 aromatic rings. The molecule has 12 heavy (non-hydrogen) atoms. The number of carboxylic acids is 1. The summed E-state index contributed by atoms with van der Waals surface area (Å²) >= 11 is 0. The highest BCUT2D eigenvalue weighted by Gasteiger charge is 2.03. The summed E-state index contributed by atoms with van der Waals surface area (Å²) in [5, 5.41) is 8.19. The van der Waals surface area contributed by atoms with Gasteiger partial charge in [-0.05, 0) is 18.2 Å². The van der Waals surface area contributed by atoms with Gasteiger partial charge in [0.25, 0.3) is 0 Å². The topological polar surface area (TPSA) is 67.5 Å². The lowest BCUT2D eigenvalue weighted by Crippen LogP contribution is -1.94. The minimum Gasteiger partial charge on any atom is -0.478 e. The predicted molar refractivity (Wildman–Crippen MR) is 39.8 cm³/mol. The molecule has 0 saturated carbocycles. The van der Waals surface area contributed by atoms with Gasteiger partial charge in [-0.25, -0.2) is 4.79 Å². The number of hydrogen-bond acceptors (Lipinski definition) is 3. The summed E-state index contributed by atoms with van der Waals surface area (Å²) in [6.07, 6.45) is 3.06. The maximum absolute atomic E-state index is 11.0. The van der Waals surface area contributed by atoms with Crippen LogP contribution in [0.25, 0.3) is 0 Å². The van der Waals surface area contributed by atoms with Crippen molar-refractivity contribution in [2.75, 3.05) is 0 Å². The third-order valence-electron chi connectivity index (χ3n) is 1.14. The molecule has 0 spiro atoms. The van der Waals surface area contributed by atoms with Gasteiger partial charge in [-0.2, -0.15) is 0 Å². The van der Waals surface area contributed by atoms with Gasteiger partial charge in [0.05, 0.1) is 6.26 Å². The highest BCUT2D eigenvalue weighted by molar-refractivity contribution is 6.04. The minimum absolute atomic E-state index is 0.132. The van der Waals surface area contributed by atoms with Crippen molar-refractivity contribution in [3.05, 3.63) is 36.3 Å². The van der Waals surface area contributed by atoms with E-state index < -0.39 is 11.8 Å². The van der Waals surface area contributed by atoms with Crippen LogP contribution in [0.4, 0.5) is 0 Å². The molecule has 0 bridgehead atoms. The van der Waals surface area contributed by atoms with Crippen LogP contribution in [0.1, 0.15) is 10.6 Å². The number of hydrogen-bond donors (Lipinski definition) is 1. The zero-order valence-corrected chi connectivity index (χ0v) is 6.06. The van der Waals surface area contributed by atoms with Crippen LogP contribution < -0.4 is 0 Å². The van der Waals surface area contributed by atoms with Crippen molar-refractivity contribution in [1.29, 1.82) is 0 Å². The molecule has 0 aliphatic carbocycles. The smallest absolute Gasteiger partial charge is 0.328 e. The Kier molecular flexibility index (Phi) is 2.42. The summed E-state index contributed by atoms with van der Waals surface area (Å²) in [4.78, 5) is 21.0. The van der Waals surface area contributed by atoms with E-state index in [2.05, 4.69) is 0 Å². The van der Waals surface area contributed by atoms with Crippen molar-refractivity contribution in [3.63, 3.8) is 0 Å². The molecule has 1 N–H and O–H groups in total. The van der Waals surface area contributed by atoms with Gasteiger partial charge in [0.1, 0.15) is 0 Å². The number of ketones is 1. The number of carbonyl (C=O) groups is 2. The Labute approximate surface area is 68.1 Å². The van der Waals surface area contributed by atoms with Crippen LogP contribution in [-0.2, 0) is 4.79 Å². The van der Waals surface area contributed by atoms with Crippen molar-refractivity contribution < 1.29 is 19.1 Å². The first kappa shape index (κ1) is 8.26. The molecule has 0 fully saturated rings. The third-order valence-corrected chi connectivity index (χ3v) is 1.14. The SMILES string of the molecule is O=C(O)/C=C/C(=O)c1ccco1. The Morgan fingerprint density at radius 2 is 2.17 bits per heavy atom. The highest BCUT2D eigenvalue weighted by atomic mass is 16.4. The van der Waals surface area contributed by atoms with Gasteiger partial charge in [0, 0.05) is 6.08 Å². The van der Waals surface area contributed by atoms with Gasteiger partial charge in [0.2, 0.25) is 5.78 Å². The van der Waals surface area contributed by atoms with E-state index in [1.165, 1.54) is 12.3 Å². The first-order valence-electron chi connectivity index (χ1n) is 3.19. The molecule has 4 nitrogen and oxygen atoms in total. The van der Waals surface area contributed by atoms with Gasteiger partial charge in [-0.15, -0.1) is 0 Å². The molecule has 0 radical (unpaired) electrons. The van der Waals surface area contributed by atoms with Crippen LogP contribution in [0.15, 0.2) is 35.0 Å². The summed E-state index contributed by atoms with van der Waals surface area (Å²) in [5.74, 6) is -1.48. The summed E-state index contributed by atoms with van der Waals surface area (Å²) in [6.45, 7) is 0. The molecule has 4 heteroatoms. The average Bonchev–Trinajstić information content (AvgIpc) is 2.51. The summed E-state index contributed by atoms with van der Waals surface area (Å²) < 4.78 is 4.73. The summed E-state index contributed by atoms with van der Waals surface area (Å²) in [5.41, 5.74) is 0. The van der Waals surface area contributed by atoms with Crippen LogP contribution in [0.2, 0.25) is 0 Å². The van der Waals surface area contributed by atoms with Gasteiger partial charge in [0.15, 0.2) is 5.76 Å². The van der Waals surface area contributed by atoms with Crippen molar-refractivity contribution in [1.82, 2.24) is 0 Å². The first-order chi connectivity index (χ1) is 5.70. The lowest BCUT2D eigenvalue weighted by Gasteiger charge is -1.84. The van der Waals surface area contributed by atoms with E-state index in [9.17, 15) is 9.59 Å². The zero-order chi connectivity index (χ0) is 8.97. The monoisotopic (exact) mass is 166 g/mol. The van der Waals surface area contributed by atoms with Crippen LogP contribution in [0.5, 0.6) is 0 Å². The lowest BCUT2D eigenvalue weighted by molar-refractivity contribution is -0.131. The second kappa shape index (κ2) is 3.52. The van der Waals surface area contributed by atoms with E-state index in [0.29, 0.717) is 0 Å². The summed E-state index contributed by atoms with van der Waals surface area (Å²) in [7, 11) is 0. The molecule has 0 aliphatic heterocycles. The Bertz CT molecular complexity index is 308. The molecule has 0 aromatic carbocycles. The molecule has 0 unspecified atom stereocenters. The summed E-state index contributed by atoms with van der Waals surface area (Å²) in [6, 6.07) is 3.02. The van der Waals surface area contributed by atoms with Gasteiger partial charge in [-0.1, -0.05) is 0 Å². The van der Waals surface area contributed by atoms with E-state index in [4.69, 9.17) is 9.52 Å². The van der Waals surface area contributed by atoms with E-state index in [-0.39, 0.29) is 5.76 Å². The number of allylic oxidation sites excluding steroid dienone is 1. The van der Waals surface area contributed by atoms with E-state index in [0.717, 1.165) is 12.2 Å². The number of furan rings is 1. The van der Waals surface area contributed by atoms with Gasteiger partial charge >= 0.3 is 5.97 Å². The normalized spacial score (nSPS) is 10.3. The molecular weight excluding hydrogens is 160 g/mol. The minimum atomic E-state index is -1.16. The molecule has 62 valence electrons. The zero-order valence-electron chi connectivity index (χ0n) is 6.06. The number of carbonyl (C=O) groups excluding carboxylic acids is 1. The standard InChI is InChI=1S/C8H6O4/c9-6(3-4-8(10)11)7-2-1-5-12-7/h1-5H,(H,10,11)/b4-3+. The molecule has 0 saturated heterocycles. The molecule has 1 rings (SSSR count). The van der Waals surface area contributed by atoms with Crippen molar-refractivity contribution in [3.8, 4) is 0 Å². The Balaban J connectivity index is 2.68. The van der Waals surface area contributed by atoms with Crippen molar-refractivity contribution in [2.24, 2.45) is 0 Å². The average molecular weight is 166 g/mol. The molecular formula is C8H6O4. The molecule has 0 atom stereocenters. The van der Waals surface area contributed by atoms with Crippen LogP contribution in [-0.4, -0.2) is 16.9 Å². The molecule has 1 aromatic heterocycles. The fourth-order valence-electron chi connectivity index (χ4n) is 0.648. The van der Waals surface area contributed by atoms with E-state index in [1.807, 2.05) is 0 Å². The third kappa shape index (κ3) is 2.09. The number of carboxylic acid groups (broad SMARTS) is 1. The molecule has 0 amide bonds. The van der Waals surface area contributed by atoms with E-state index >= 15 is 0 Å². The fraction of sp³-hybridized carbons (Fsp3) is 0. The predicted octanol–water partition coefficient (Wildman–Crippen LogP) is 1.10. The van der Waals surface area contributed by atoms with Gasteiger partial charge in [-0.3, -0.25) is 4.79 Å². The second-order valence-electron chi connectivity index (χ2n) is 2.01. The lowest BCUT2D eigenvalue weighted by atomic mass is 10.3. The molecule has 1 heterocycles. The maximum atomic E-state index is 11.0. The number of rotatable bonds is 3. The Morgan fingerprint density at radius 3 is 2.67 bits per heavy atom. The Morgan fingerprint density at radius 1 is 1.42 bits per heavy atom. The van der Waals surface area contributed by atoms with E-state index in [1.54, 1.807) is 6.07 Å².